The smallest absolute Gasteiger partial charge is 0.329 e. The predicted octanol–water partition coefficient (Wildman–Crippen LogP) is 1.98. The van der Waals surface area contributed by atoms with Crippen LogP contribution in [-0.2, 0) is 37.1 Å². The lowest BCUT2D eigenvalue weighted by atomic mass is 10.2. The lowest BCUT2D eigenvalue weighted by molar-refractivity contribution is -0.154. The highest BCUT2D eigenvalue weighted by molar-refractivity contribution is 5.84. The van der Waals surface area contributed by atoms with Crippen LogP contribution >= 0.6 is 0 Å². The highest BCUT2D eigenvalue weighted by Gasteiger charge is 2.23. The number of benzene rings is 2. The second kappa shape index (κ2) is 9.87. The van der Waals surface area contributed by atoms with Gasteiger partial charge in [0, 0.05) is 0 Å². The third-order valence-electron chi connectivity index (χ3n) is 3.39. The second-order valence-corrected chi connectivity index (χ2v) is 5.28. The van der Waals surface area contributed by atoms with E-state index in [4.69, 9.17) is 9.47 Å². The molecule has 0 aromatic heterocycles. The fourth-order valence-electron chi connectivity index (χ4n) is 2.09. The van der Waals surface area contributed by atoms with E-state index in [1.54, 1.807) is 0 Å². The van der Waals surface area contributed by atoms with Gasteiger partial charge in [0.2, 0.25) is 6.41 Å². The zero-order valence-electron chi connectivity index (χ0n) is 13.6. The van der Waals surface area contributed by atoms with Crippen LogP contribution in [0.2, 0.25) is 0 Å². The van der Waals surface area contributed by atoms with Crippen LogP contribution in [0.4, 0.5) is 0 Å². The quantitative estimate of drug-likeness (QED) is 0.557. The van der Waals surface area contributed by atoms with Crippen LogP contribution in [0.15, 0.2) is 60.7 Å². The van der Waals surface area contributed by atoms with Crippen molar-refractivity contribution < 1.29 is 23.9 Å². The molecule has 6 heteroatoms. The number of rotatable bonds is 9. The van der Waals surface area contributed by atoms with Gasteiger partial charge in [-0.1, -0.05) is 60.7 Å². The molecule has 2 rings (SSSR count). The molecule has 0 spiro atoms. The summed E-state index contributed by atoms with van der Waals surface area (Å²) >= 11 is 0. The first-order valence-corrected chi connectivity index (χ1v) is 7.79. The van der Waals surface area contributed by atoms with Gasteiger partial charge in [0.05, 0.1) is 6.42 Å². The van der Waals surface area contributed by atoms with Gasteiger partial charge in [-0.05, 0) is 11.1 Å². The maximum atomic E-state index is 12.1. The maximum absolute atomic E-state index is 12.1. The fourth-order valence-corrected chi connectivity index (χ4v) is 2.09. The minimum atomic E-state index is -1.08. The predicted molar refractivity (Wildman–Crippen MR) is 90.1 cm³/mol. The molecular weight excluding hydrogens is 322 g/mol. The molecule has 0 aliphatic heterocycles. The van der Waals surface area contributed by atoms with Gasteiger partial charge in [-0.3, -0.25) is 9.59 Å². The van der Waals surface area contributed by atoms with Crippen molar-refractivity contribution in [1.29, 1.82) is 0 Å². The van der Waals surface area contributed by atoms with E-state index in [0.29, 0.717) is 6.41 Å². The van der Waals surface area contributed by atoms with Gasteiger partial charge < -0.3 is 14.8 Å². The molecule has 1 N–H and O–H groups in total. The molecule has 1 amide bonds. The molecule has 0 heterocycles. The molecule has 0 saturated carbocycles. The summed E-state index contributed by atoms with van der Waals surface area (Å²) in [7, 11) is 0. The van der Waals surface area contributed by atoms with Crippen molar-refractivity contribution in [3.63, 3.8) is 0 Å². The first-order valence-electron chi connectivity index (χ1n) is 7.79. The fraction of sp³-hybridized carbons (Fsp3) is 0.211. The Morgan fingerprint density at radius 1 is 0.880 bits per heavy atom. The summed E-state index contributed by atoms with van der Waals surface area (Å²) in [6.45, 7) is 0.169. The normalized spacial score (nSPS) is 11.2. The van der Waals surface area contributed by atoms with Crippen LogP contribution in [0.3, 0.4) is 0 Å². The van der Waals surface area contributed by atoms with E-state index in [1.807, 2.05) is 60.7 Å². The number of amides is 1. The third-order valence-corrected chi connectivity index (χ3v) is 3.39. The molecule has 2 aromatic rings. The highest BCUT2D eigenvalue weighted by atomic mass is 16.5. The lowest BCUT2D eigenvalue weighted by Gasteiger charge is -2.15. The Bertz CT molecular complexity index is 687. The minimum absolute atomic E-state index is 0.0653. The molecule has 1 atom stereocenters. The largest absolute Gasteiger partial charge is 0.461 e. The van der Waals surface area contributed by atoms with Crippen LogP contribution < -0.4 is 5.32 Å². The van der Waals surface area contributed by atoms with E-state index in [0.717, 1.165) is 11.1 Å². The Balaban J connectivity index is 1.82. The van der Waals surface area contributed by atoms with Gasteiger partial charge in [0.25, 0.3) is 0 Å². The molecule has 0 fully saturated rings. The van der Waals surface area contributed by atoms with E-state index < -0.39 is 18.0 Å². The molecule has 0 aliphatic carbocycles. The number of carbonyl (C=O) groups excluding carboxylic acids is 3. The number of carbonyl (C=O) groups is 3. The molecule has 0 bridgehead atoms. The minimum Gasteiger partial charge on any atom is -0.461 e. The average Bonchev–Trinajstić information content (AvgIpc) is 2.66. The van der Waals surface area contributed by atoms with Crippen LogP contribution in [0.5, 0.6) is 0 Å². The van der Waals surface area contributed by atoms with Crippen molar-refractivity contribution in [3.8, 4) is 0 Å². The zero-order chi connectivity index (χ0) is 17.9. The molecule has 6 nitrogen and oxygen atoms in total. The van der Waals surface area contributed by atoms with Crippen molar-refractivity contribution in [2.24, 2.45) is 0 Å². The molecular formula is C19H19NO5. The van der Waals surface area contributed by atoms with Crippen molar-refractivity contribution in [2.75, 3.05) is 0 Å². The summed E-state index contributed by atoms with van der Waals surface area (Å²) in [5.41, 5.74) is 1.65. The maximum Gasteiger partial charge on any atom is 0.329 e. The topological polar surface area (TPSA) is 81.7 Å². The van der Waals surface area contributed by atoms with Crippen LogP contribution in [-0.4, -0.2) is 24.4 Å². The average molecular weight is 341 g/mol. The van der Waals surface area contributed by atoms with Crippen molar-refractivity contribution in [1.82, 2.24) is 5.32 Å². The molecule has 25 heavy (non-hydrogen) atoms. The van der Waals surface area contributed by atoms with Crippen molar-refractivity contribution >= 4 is 18.3 Å². The van der Waals surface area contributed by atoms with E-state index in [1.165, 1.54) is 0 Å². The lowest BCUT2D eigenvalue weighted by Crippen LogP contribution is -2.39. The van der Waals surface area contributed by atoms with Gasteiger partial charge in [0.15, 0.2) is 0 Å². The standard InChI is InChI=1S/C19H19NO5/c21-14-20-17(19(23)25-13-16-9-5-2-6-10-16)11-18(22)24-12-15-7-3-1-4-8-15/h1-10,14,17H,11-13H2,(H,20,21)/t17-/m0/s1. The zero-order valence-corrected chi connectivity index (χ0v) is 13.6. The van der Waals surface area contributed by atoms with Crippen LogP contribution in [0.25, 0.3) is 0 Å². The highest BCUT2D eigenvalue weighted by Crippen LogP contribution is 2.06. The summed E-state index contributed by atoms with van der Waals surface area (Å²) in [5, 5.41) is 2.29. The molecule has 0 saturated heterocycles. The molecule has 2 aromatic carbocycles. The van der Waals surface area contributed by atoms with Gasteiger partial charge >= 0.3 is 11.9 Å². The third kappa shape index (κ3) is 6.47. The van der Waals surface area contributed by atoms with Crippen LogP contribution in [0.1, 0.15) is 17.5 Å². The Morgan fingerprint density at radius 2 is 1.40 bits per heavy atom. The number of esters is 2. The number of hydrogen-bond donors (Lipinski definition) is 1. The first-order chi connectivity index (χ1) is 12.2. The van der Waals surface area contributed by atoms with Gasteiger partial charge in [-0.25, -0.2) is 4.79 Å². The van der Waals surface area contributed by atoms with E-state index >= 15 is 0 Å². The summed E-state index contributed by atoms with van der Waals surface area (Å²) in [6, 6.07) is 17.2. The van der Waals surface area contributed by atoms with Crippen molar-refractivity contribution in [3.05, 3.63) is 71.8 Å². The molecule has 0 radical (unpaired) electrons. The van der Waals surface area contributed by atoms with E-state index in [9.17, 15) is 14.4 Å². The Morgan fingerprint density at radius 3 is 1.92 bits per heavy atom. The molecule has 130 valence electrons. The van der Waals surface area contributed by atoms with Crippen LogP contribution in [0, 0.1) is 0 Å². The van der Waals surface area contributed by atoms with E-state index in [2.05, 4.69) is 5.32 Å². The number of hydrogen-bond acceptors (Lipinski definition) is 5. The Hall–Kier alpha value is -3.15. The van der Waals surface area contributed by atoms with Crippen molar-refractivity contribution in [2.45, 2.75) is 25.7 Å². The summed E-state index contributed by atoms with van der Waals surface area (Å²) < 4.78 is 10.3. The second-order valence-electron chi connectivity index (χ2n) is 5.28. The summed E-state index contributed by atoms with van der Waals surface area (Å²) in [4.78, 5) is 34.6. The summed E-state index contributed by atoms with van der Waals surface area (Å²) in [6.07, 6.45) is 0.0676. The Labute approximate surface area is 145 Å². The Kier molecular flexibility index (Phi) is 7.18. The SMILES string of the molecule is O=CN[C@@H](CC(=O)OCc1ccccc1)C(=O)OCc1ccccc1. The van der Waals surface area contributed by atoms with Gasteiger partial charge in [-0.15, -0.1) is 0 Å². The van der Waals surface area contributed by atoms with Gasteiger partial charge in [0.1, 0.15) is 19.3 Å². The first kappa shape index (κ1) is 18.2. The van der Waals surface area contributed by atoms with E-state index in [-0.39, 0.29) is 19.6 Å². The molecule has 0 unspecified atom stereocenters. The summed E-state index contributed by atoms with van der Waals surface area (Å²) in [5.74, 6) is -1.28. The monoisotopic (exact) mass is 341 g/mol. The molecule has 0 aliphatic rings. The number of ether oxygens (including phenoxy) is 2. The van der Waals surface area contributed by atoms with Gasteiger partial charge in [-0.2, -0.15) is 0 Å². The number of nitrogens with one attached hydrogen (secondary N) is 1.